The number of hydrogen-bond donors (Lipinski definition) is 2. The van der Waals surface area contributed by atoms with Gasteiger partial charge >= 0.3 is 5.97 Å². The Bertz CT molecular complexity index is 491. The molecule has 1 aromatic carbocycles. The molecule has 0 aliphatic carbocycles. The van der Waals surface area contributed by atoms with Crippen LogP contribution in [0.2, 0.25) is 0 Å². The summed E-state index contributed by atoms with van der Waals surface area (Å²) in [6, 6.07) is 6.92. The maximum atomic E-state index is 12.5. The maximum Gasteiger partial charge on any atom is 0.326 e. The molecule has 0 spiro atoms. The van der Waals surface area contributed by atoms with Gasteiger partial charge in [-0.15, -0.1) is 0 Å². The summed E-state index contributed by atoms with van der Waals surface area (Å²) in [4.78, 5) is 23.7. The molecule has 0 saturated carbocycles. The van der Waals surface area contributed by atoms with E-state index in [9.17, 15) is 14.7 Å². The van der Waals surface area contributed by atoms with E-state index in [1.165, 1.54) is 0 Å². The van der Waals surface area contributed by atoms with Gasteiger partial charge in [-0.3, -0.25) is 4.79 Å². The Labute approximate surface area is 126 Å². The number of unbranched alkanes of at least 4 members (excludes halogenated alkanes) is 1. The third-order valence-corrected chi connectivity index (χ3v) is 3.79. The quantitative estimate of drug-likeness (QED) is 0.811. The smallest absolute Gasteiger partial charge is 0.326 e. The molecule has 0 bridgehead atoms. The van der Waals surface area contributed by atoms with Crippen LogP contribution in [0.25, 0.3) is 0 Å². The SMILES string of the molecule is CCCCC(NC(=O)C(C)(C)c1ccc(C)cc1)C(=O)O. The van der Waals surface area contributed by atoms with E-state index >= 15 is 0 Å². The molecule has 1 unspecified atom stereocenters. The largest absolute Gasteiger partial charge is 0.480 e. The summed E-state index contributed by atoms with van der Waals surface area (Å²) in [5, 5.41) is 11.9. The van der Waals surface area contributed by atoms with Crippen LogP contribution in [0.15, 0.2) is 24.3 Å². The molecule has 1 aromatic rings. The molecule has 1 amide bonds. The van der Waals surface area contributed by atoms with Crippen molar-refractivity contribution >= 4 is 11.9 Å². The topological polar surface area (TPSA) is 66.4 Å². The zero-order valence-electron chi connectivity index (χ0n) is 13.3. The summed E-state index contributed by atoms with van der Waals surface area (Å²) >= 11 is 0. The average molecular weight is 291 g/mol. The summed E-state index contributed by atoms with van der Waals surface area (Å²) < 4.78 is 0. The van der Waals surface area contributed by atoms with E-state index in [4.69, 9.17) is 0 Å². The van der Waals surface area contributed by atoms with Gasteiger partial charge in [-0.2, -0.15) is 0 Å². The van der Waals surface area contributed by atoms with Gasteiger partial charge in [0, 0.05) is 0 Å². The molecule has 4 heteroatoms. The van der Waals surface area contributed by atoms with Crippen LogP contribution in [-0.2, 0) is 15.0 Å². The number of carbonyl (C=O) groups excluding carboxylic acids is 1. The number of rotatable bonds is 7. The van der Waals surface area contributed by atoms with Gasteiger partial charge in [-0.1, -0.05) is 49.6 Å². The minimum Gasteiger partial charge on any atom is -0.480 e. The molecule has 0 heterocycles. The summed E-state index contributed by atoms with van der Waals surface area (Å²) in [5.41, 5.74) is 1.25. The lowest BCUT2D eigenvalue weighted by atomic mass is 9.83. The van der Waals surface area contributed by atoms with Crippen LogP contribution in [0, 0.1) is 6.92 Å². The molecule has 116 valence electrons. The van der Waals surface area contributed by atoms with Crippen LogP contribution in [-0.4, -0.2) is 23.0 Å². The monoisotopic (exact) mass is 291 g/mol. The van der Waals surface area contributed by atoms with Crippen molar-refractivity contribution in [3.63, 3.8) is 0 Å². The van der Waals surface area contributed by atoms with Crippen molar-refractivity contribution < 1.29 is 14.7 Å². The second-order valence-electron chi connectivity index (χ2n) is 6.00. The van der Waals surface area contributed by atoms with Crippen molar-refractivity contribution in [3.05, 3.63) is 35.4 Å². The van der Waals surface area contributed by atoms with Crippen LogP contribution in [0.1, 0.15) is 51.2 Å². The molecule has 1 rings (SSSR count). The van der Waals surface area contributed by atoms with E-state index in [-0.39, 0.29) is 5.91 Å². The van der Waals surface area contributed by atoms with Gasteiger partial charge in [0.05, 0.1) is 5.41 Å². The highest BCUT2D eigenvalue weighted by molar-refractivity contribution is 5.90. The van der Waals surface area contributed by atoms with E-state index < -0.39 is 17.4 Å². The number of carboxylic acids is 1. The first-order valence-corrected chi connectivity index (χ1v) is 7.40. The maximum absolute atomic E-state index is 12.5. The Morgan fingerprint density at radius 2 is 1.81 bits per heavy atom. The predicted molar refractivity (Wildman–Crippen MR) is 83.3 cm³/mol. The number of carboxylic acid groups (broad SMARTS) is 1. The zero-order chi connectivity index (χ0) is 16.0. The Balaban J connectivity index is 2.84. The predicted octanol–water partition coefficient (Wildman–Crippen LogP) is 3.03. The Morgan fingerprint density at radius 3 is 2.29 bits per heavy atom. The number of aliphatic carboxylic acids is 1. The van der Waals surface area contributed by atoms with Gasteiger partial charge in [0.25, 0.3) is 0 Å². The Morgan fingerprint density at radius 1 is 1.24 bits per heavy atom. The van der Waals surface area contributed by atoms with E-state index in [1.54, 1.807) is 0 Å². The van der Waals surface area contributed by atoms with Crippen LogP contribution in [0.4, 0.5) is 0 Å². The summed E-state index contributed by atoms with van der Waals surface area (Å²) in [5.74, 6) is -1.23. The summed E-state index contributed by atoms with van der Waals surface area (Å²) in [6.07, 6.45) is 2.14. The normalized spacial score (nSPS) is 12.8. The number of aryl methyl sites for hydroxylation is 1. The fourth-order valence-corrected chi connectivity index (χ4v) is 2.11. The third kappa shape index (κ3) is 4.59. The average Bonchev–Trinajstić information content (AvgIpc) is 2.43. The summed E-state index contributed by atoms with van der Waals surface area (Å²) in [7, 11) is 0. The number of carbonyl (C=O) groups is 2. The third-order valence-electron chi connectivity index (χ3n) is 3.79. The molecular weight excluding hydrogens is 266 g/mol. The molecule has 0 radical (unpaired) electrons. The van der Waals surface area contributed by atoms with Gasteiger partial charge in [-0.25, -0.2) is 4.79 Å². The molecule has 0 aromatic heterocycles. The van der Waals surface area contributed by atoms with E-state index in [0.29, 0.717) is 6.42 Å². The van der Waals surface area contributed by atoms with Crippen molar-refractivity contribution in [2.24, 2.45) is 0 Å². The first kappa shape index (κ1) is 17.2. The number of amides is 1. The van der Waals surface area contributed by atoms with Crippen LogP contribution < -0.4 is 5.32 Å². The van der Waals surface area contributed by atoms with Crippen LogP contribution in [0.3, 0.4) is 0 Å². The second kappa shape index (κ2) is 7.25. The van der Waals surface area contributed by atoms with Gasteiger partial charge in [-0.05, 0) is 32.8 Å². The highest BCUT2D eigenvalue weighted by Crippen LogP contribution is 2.24. The molecule has 0 aliphatic heterocycles. The lowest BCUT2D eigenvalue weighted by Crippen LogP contribution is -2.48. The second-order valence-corrected chi connectivity index (χ2v) is 6.00. The van der Waals surface area contributed by atoms with Crippen molar-refractivity contribution in [1.82, 2.24) is 5.32 Å². The van der Waals surface area contributed by atoms with E-state index in [2.05, 4.69) is 5.32 Å². The minimum atomic E-state index is -0.975. The molecular formula is C17H25NO3. The first-order chi connectivity index (χ1) is 9.78. The summed E-state index contributed by atoms with van der Waals surface area (Å²) in [6.45, 7) is 7.61. The fraction of sp³-hybridized carbons (Fsp3) is 0.529. The first-order valence-electron chi connectivity index (χ1n) is 7.40. The van der Waals surface area contributed by atoms with Crippen molar-refractivity contribution in [2.45, 2.75) is 58.4 Å². The molecule has 21 heavy (non-hydrogen) atoms. The van der Waals surface area contributed by atoms with Crippen LogP contribution >= 0.6 is 0 Å². The van der Waals surface area contributed by atoms with Gasteiger partial charge in [0.2, 0.25) is 5.91 Å². The van der Waals surface area contributed by atoms with Crippen molar-refractivity contribution in [1.29, 1.82) is 0 Å². The standard InChI is InChI=1S/C17H25NO3/c1-5-6-7-14(15(19)20)18-16(21)17(3,4)13-10-8-12(2)9-11-13/h8-11,14H,5-7H2,1-4H3,(H,18,21)(H,19,20). The molecule has 1 atom stereocenters. The lowest BCUT2D eigenvalue weighted by Gasteiger charge is -2.26. The lowest BCUT2D eigenvalue weighted by molar-refractivity contribution is -0.142. The van der Waals surface area contributed by atoms with Crippen molar-refractivity contribution in [3.8, 4) is 0 Å². The fourth-order valence-electron chi connectivity index (χ4n) is 2.11. The highest BCUT2D eigenvalue weighted by Gasteiger charge is 2.32. The molecule has 0 saturated heterocycles. The Hall–Kier alpha value is -1.84. The number of hydrogen-bond acceptors (Lipinski definition) is 2. The van der Waals surface area contributed by atoms with Gasteiger partial charge < -0.3 is 10.4 Å². The van der Waals surface area contributed by atoms with Gasteiger partial charge in [0.1, 0.15) is 6.04 Å². The van der Waals surface area contributed by atoms with Crippen LogP contribution in [0.5, 0.6) is 0 Å². The molecule has 0 fully saturated rings. The zero-order valence-corrected chi connectivity index (χ0v) is 13.3. The van der Waals surface area contributed by atoms with Crippen molar-refractivity contribution in [2.75, 3.05) is 0 Å². The minimum absolute atomic E-state index is 0.255. The highest BCUT2D eigenvalue weighted by atomic mass is 16.4. The molecule has 4 nitrogen and oxygen atoms in total. The Kier molecular flexibility index (Phi) is 5.94. The number of benzene rings is 1. The number of nitrogens with one attached hydrogen (secondary N) is 1. The van der Waals surface area contributed by atoms with Gasteiger partial charge in [0.15, 0.2) is 0 Å². The molecule has 2 N–H and O–H groups in total. The van der Waals surface area contributed by atoms with E-state index in [1.807, 2.05) is 52.0 Å². The molecule has 0 aliphatic rings. The van der Waals surface area contributed by atoms with E-state index in [0.717, 1.165) is 24.0 Å².